The molecule has 1 aromatic heterocycles. The third-order valence-electron chi connectivity index (χ3n) is 5.30. The highest BCUT2D eigenvalue weighted by molar-refractivity contribution is 7.99. The number of carbonyl (C=O) groups excluding carboxylic acids is 2. The van der Waals surface area contributed by atoms with E-state index in [1.807, 2.05) is 44.2 Å². The number of nitrogens with one attached hydrogen (secondary N) is 2. The summed E-state index contributed by atoms with van der Waals surface area (Å²) in [5.41, 5.74) is 3.05. The van der Waals surface area contributed by atoms with Gasteiger partial charge in [-0.1, -0.05) is 36.4 Å². The van der Waals surface area contributed by atoms with Crippen molar-refractivity contribution in [2.75, 3.05) is 35.6 Å². The van der Waals surface area contributed by atoms with Crippen LogP contribution in [0, 0.1) is 19.8 Å². The number of thioether (sulfide) groups is 1. The van der Waals surface area contributed by atoms with Gasteiger partial charge in [0.15, 0.2) is 5.82 Å². The number of hydrogen-bond donors (Lipinski definition) is 2. The molecule has 31 heavy (non-hydrogen) atoms. The van der Waals surface area contributed by atoms with E-state index in [9.17, 15) is 9.59 Å². The van der Waals surface area contributed by atoms with E-state index in [0.717, 1.165) is 49.4 Å². The molecule has 1 saturated heterocycles. The number of hydrogen-bond acceptors (Lipinski definition) is 6. The zero-order valence-corrected chi connectivity index (χ0v) is 19.3. The quantitative estimate of drug-likeness (QED) is 0.609. The van der Waals surface area contributed by atoms with Crippen LogP contribution in [0.4, 0.5) is 11.5 Å². The molecule has 0 saturated carbocycles. The van der Waals surface area contributed by atoms with Gasteiger partial charge < -0.3 is 15.5 Å². The first-order valence-electron chi connectivity index (χ1n) is 10.8. The SMILES string of the molecule is CCCNC(=O)[C@H]1CCCN(c2ccc(SCC(=O)Nc3ccc(C)cc3C)nn2)C1. The summed E-state index contributed by atoms with van der Waals surface area (Å²) in [5, 5.41) is 15.2. The van der Waals surface area contributed by atoms with Gasteiger partial charge in [-0.3, -0.25) is 9.59 Å². The topological polar surface area (TPSA) is 87.2 Å². The van der Waals surface area contributed by atoms with Crippen molar-refractivity contribution in [2.24, 2.45) is 5.92 Å². The second kappa shape index (κ2) is 11.1. The second-order valence-corrected chi connectivity index (χ2v) is 8.96. The maximum atomic E-state index is 12.3. The first-order chi connectivity index (χ1) is 15.0. The number of carbonyl (C=O) groups is 2. The van der Waals surface area contributed by atoms with Crippen LogP contribution >= 0.6 is 11.8 Å². The molecule has 2 amide bonds. The largest absolute Gasteiger partial charge is 0.356 e. The lowest BCUT2D eigenvalue weighted by atomic mass is 9.97. The fourth-order valence-electron chi connectivity index (χ4n) is 3.63. The molecule has 0 unspecified atom stereocenters. The van der Waals surface area contributed by atoms with Crippen LogP contribution < -0.4 is 15.5 Å². The summed E-state index contributed by atoms with van der Waals surface area (Å²) < 4.78 is 0. The van der Waals surface area contributed by atoms with E-state index in [1.54, 1.807) is 0 Å². The minimum atomic E-state index is -0.0696. The van der Waals surface area contributed by atoms with E-state index in [1.165, 1.54) is 17.3 Å². The van der Waals surface area contributed by atoms with Crippen molar-refractivity contribution in [2.45, 2.75) is 45.1 Å². The van der Waals surface area contributed by atoms with Gasteiger partial charge in [0.05, 0.1) is 11.7 Å². The average Bonchev–Trinajstić information content (AvgIpc) is 2.78. The average molecular weight is 442 g/mol. The Bertz CT molecular complexity index is 903. The maximum absolute atomic E-state index is 12.3. The van der Waals surface area contributed by atoms with Crippen molar-refractivity contribution in [3.63, 3.8) is 0 Å². The molecule has 1 atom stereocenters. The van der Waals surface area contributed by atoms with Crippen LogP contribution in [0.2, 0.25) is 0 Å². The van der Waals surface area contributed by atoms with Gasteiger partial charge >= 0.3 is 0 Å². The van der Waals surface area contributed by atoms with Crippen LogP contribution in [0.1, 0.15) is 37.3 Å². The van der Waals surface area contributed by atoms with Crippen molar-refractivity contribution in [1.82, 2.24) is 15.5 Å². The molecule has 8 heteroatoms. The van der Waals surface area contributed by atoms with Gasteiger partial charge in [0, 0.05) is 25.3 Å². The number of rotatable bonds is 8. The van der Waals surface area contributed by atoms with Crippen LogP contribution in [-0.4, -0.2) is 47.4 Å². The molecule has 1 aromatic carbocycles. The Morgan fingerprint density at radius 1 is 1.19 bits per heavy atom. The van der Waals surface area contributed by atoms with Crippen molar-refractivity contribution in [3.8, 4) is 0 Å². The van der Waals surface area contributed by atoms with Gasteiger partial charge in [0.1, 0.15) is 5.03 Å². The Hall–Kier alpha value is -2.61. The summed E-state index contributed by atoms with van der Waals surface area (Å²) in [6, 6.07) is 9.77. The van der Waals surface area contributed by atoms with Crippen molar-refractivity contribution in [3.05, 3.63) is 41.5 Å². The molecule has 0 aliphatic carbocycles. The van der Waals surface area contributed by atoms with E-state index >= 15 is 0 Å². The normalized spacial score (nSPS) is 16.1. The van der Waals surface area contributed by atoms with Crippen molar-refractivity contribution < 1.29 is 9.59 Å². The molecule has 0 spiro atoms. The minimum absolute atomic E-state index is 0.00919. The number of piperidine rings is 1. The lowest BCUT2D eigenvalue weighted by Crippen LogP contribution is -2.43. The lowest BCUT2D eigenvalue weighted by Gasteiger charge is -2.32. The number of aryl methyl sites for hydroxylation is 2. The molecule has 2 N–H and O–H groups in total. The Kier molecular flexibility index (Phi) is 8.28. The van der Waals surface area contributed by atoms with Crippen molar-refractivity contribution in [1.29, 1.82) is 0 Å². The molecule has 1 aliphatic heterocycles. The first kappa shape index (κ1) is 23.1. The zero-order chi connectivity index (χ0) is 22.2. The molecular formula is C23H31N5O2S. The third kappa shape index (κ3) is 6.69. The molecule has 1 aliphatic rings. The van der Waals surface area contributed by atoms with Crippen LogP contribution in [0.15, 0.2) is 35.4 Å². The summed E-state index contributed by atoms with van der Waals surface area (Å²) in [6.45, 7) is 8.32. The molecule has 3 rings (SSSR count). The van der Waals surface area contributed by atoms with Gasteiger partial charge in [-0.05, 0) is 56.9 Å². The molecule has 166 valence electrons. The predicted molar refractivity (Wildman–Crippen MR) is 126 cm³/mol. The Morgan fingerprint density at radius 2 is 2.03 bits per heavy atom. The fraction of sp³-hybridized carbons (Fsp3) is 0.478. The Morgan fingerprint density at radius 3 is 2.74 bits per heavy atom. The van der Waals surface area contributed by atoms with E-state index in [0.29, 0.717) is 11.6 Å². The molecule has 0 bridgehead atoms. The smallest absolute Gasteiger partial charge is 0.234 e. The summed E-state index contributed by atoms with van der Waals surface area (Å²) in [4.78, 5) is 26.7. The number of benzene rings is 1. The highest BCUT2D eigenvalue weighted by Crippen LogP contribution is 2.23. The fourth-order valence-corrected chi connectivity index (χ4v) is 4.24. The standard InChI is InChI=1S/C23H31N5O2S/c1-4-11-24-23(30)18-6-5-12-28(14-18)20-9-10-22(27-26-20)31-15-21(29)25-19-8-7-16(2)13-17(19)3/h7-10,13,18H,4-6,11-12,14-15H2,1-3H3,(H,24,30)(H,25,29)/t18-/m0/s1. The Labute approximate surface area is 188 Å². The summed E-state index contributed by atoms with van der Waals surface area (Å²) in [6.07, 6.45) is 2.80. The molecule has 1 fully saturated rings. The van der Waals surface area contributed by atoms with Crippen LogP contribution in [0.25, 0.3) is 0 Å². The summed E-state index contributed by atoms with van der Waals surface area (Å²) in [5.74, 6) is 1.09. The van der Waals surface area contributed by atoms with Gasteiger partial charge in [0.2, 0.25) is 11.8 Å². The highest BCUT2D eigenvalue weighted by atomic mass is 32.2. The maximum Gasteiger partial charge on any atom is 0.234 e. The Balaban J connectivity index is 1.50. The lowest BCUT2D eigenvalue weighted by molar-refractivity contribution is -0.125. The molecular weight excluding hydrogens is 410 g/mol. The van der Waals surface area contributed by atoms with Crippen LogP contribution in [-0.2, 0) is 9.59 Å². The van der Waals surface area contributed by atoms with E-state index in [4.69, 9.17) is 0 Å². The van der Waals surface area contributed by atoms with Crippen LogP contribution in [0.3, 0.4) is 0 Å². The highest BCUT2D eigenvalue weighted by Gasteiger charge is 2.26. The monoisotopic (exact) mass is 441 g/mol. The molecule has 2 aromatic rings. The van der Waals surface area contributed by atoms with E-state index in [-0.39, 0.29) is 23.5 Å². The molecule has 7 nitrogen and oxygen atoms in total. The zero-order valence-electron chi connectivity index (χ0n) is 18.5. The third-order valence-corrected chi connectivity index (χ3v) is 6.22. The predicted octanol–water partition coefficient (Wildman–Crippen LogP) is 3.57. The second-order valence-electron chi connectivity index (χ2n) is 7.96. The number of nitrogens with zero attached hydrogens (tertiary/aromatic N) is 3. The van der Waals surface area contributed by atoms with Gasteiger partial charge in [-0.15, -0.1) is 10.2 Å². The van der Waals surface area contributed by atoms with E-state index < -0.39 is 0 Å². The number of amides is 2. The number of aromatic nitrogens is 2. The number of anilines is 2. The summed E-state index contributed by atoms with van der Waals surface area (Å²) in [7, 11) is 0. The van der Waals surface area contributed by atoms with E-state index in [2.05, 4.69) is 32.7 Å². The summed E-state index contributed by atoms with van der Waals surface area (Å²) >= 11 is 1.36. The van der Waals surface area contributed by atoms with Crippen LogP contribution in [0.5, 0.6) is 0 Å². The van der Waals surface area contributed by atoms with Gasteiger partial charge in [0.25, 0.3) is 0 Å². The van der Waals surface area contributed by atoms with Gasteiger partial charge in [-0.25, -0.2) is 0 Å². The van der Waals surface area contributed by atoms with Gasteiger partial charge in [-0.2, -0.15) is 0 Å². The molecule has 0 radical (unpaired) electrons. The molecule has 2 heterocycles. The van der Waals surface area contributed by atoms with Crippen molar-refractivity contribution >= 4 is 35.1 Å². The first-order valence-corrected chi connectivity index (χ1v) is 11.8. The minimum Gasteiger partial charge on any atom is -0.356 e.